The maximum atomic E-state index is 13.0. The molecule has 0 aliphatic carbocycles. The number of aromatic nitrogens is 4. The number of rotatable bonds is 10. The first kappa shape index (κ1) is 20.4. The summed E-state index contributed by atoms with van der Waals surface area (Å²) in [5, 5.41) is 10.2. The Morgan fingerprint density at radius 2 is 1.77 bits per heavy atom. The Labute approximate surface area is 178 Å². The molecule has 2 aromatic heterocycles. The van der Waals surface area contributed by atoms with E-state index < -0.39 is 0 Å². The molecule has 2 aromatic carbocycles. The van der Waals surface area contributed by atoms with E-state index in [1.165, 1.54) is 0 Å². The van der Waals surface area contributed by atoms with E-state index >= 15 is 0 Å². The Morgan fingerprint density at radius 3 is 2.60 bits per heavy atom. The molecule has 0 amide bonds. The van der Waals surface area contributed by atoms with Crippen LogP contribution in [0, 0.1) is 0 Å². The number of nitrogens with zero attached hydrogens (tertiary/aromatic N) is 4. The topological polar surface area (TPSA) is 70.7 Å². The number of thioether (sulfide) groups is 1. The Bertz CT molecular complexity index is 1170. The Hall–Kier alpha value is -2.84. The zero-order valence-electron chi connectivity index (χ0n) is 16.9. The first-order valence-electron chi connectivity index (χ1n) is 9.96. The molecule has 4 rings (SSSR count). The van der Waals surface area contributed by atoms with E-state index in [-0.39, 0.29) is 5.56 Å². The van der Waals surface area contributed by atoms with Gasteiger partial charge in [-0.2, -0.15) is 0 Å². The molecule has 7 nitrogen and oxygen atoms in total. The van der Waals surface area contributed by atoms with Crippen LogP contribution < -0.4 is 10.3 Å². The lowest BCUT2D eigenvalue weighted by molar-refractivity contribution is 0.190. The van der Waals surface area contributed by atoms with Gasteiger partial charge in [0.05, 0.1) is 17.5 Å². The van der Waals surface area contributed by atoms with Crippen molar-refractivity contribution in [2.45, 2.75) is 24.5 Å². The predicted octanol–water partition coefficient (Wildman–Crippen LogP) is 3.64. The lowest BCUT2D eigenvalue weighted by Crippen LogP contribution is -2.24. The van der Waals surface area contributed by atoms with Crippen molar-refractivity contribution in [1.29, 1.82) is 0 Å². The highest BCUT2D eigenvalue weighted by atomic mass is 32.2. The fraction of sp³-hybridized carbons (Fsp3) is 0.318. The molecule has 0 saturated carbocycles. The fourth-order valence-corrected chi connectivity index (χ4v) is 4.18. The fourth-order valence-electron chi connectivity index (χ4n) is 3.32. The van der Waals surface area contributed by atoms with Crippen LogP contribution in [-0.2, 0) is 11.3 Å². The van der Waals surface area contributed by atoms with Crippen molar-refractivity contribution in [2.75, 3.05) is 26.1 Å². The van der Waals surface area contributed by atoms with Crippen molar-refractivity contribution in [1.82, 2.24) is 19.2 Å². The summed E-state index contributed by atoms with van der Waals surface area (Å²) in [6.07, 6.45) is 1.61. The largest absolute Gasteiger partial charge is 0.494 e. The minimum Gasteiger partial charge on any atom is -0.494 e. The average Bonchev–Trinajstić information content (AvgIpc) is 3.20. The van der Waals surface area contributed by atoms with Gasteiger partial charge in [0.25, 0.3) is 5.56 Å². The van der Waals surface area contributed by atoms with Gasteiger partial charge in [-0.15, -0.1) is 10.2 Å². The van der Waals surface area contributed by atoms with Crippen molar-refractivity contribution in [3.63, 3.8) is 0 Å². The second-order valence-electron chi connectivity index (χ2n) is 6.80. The first-order valence-corrected chi connectivity index (χ1v) is 10.9. The normalized spacial score (nSPS) is 11.4. The van der Waals surface area contributed by atoms with Crippen LogP contribution in [0.3, 0.4) is 0 Å². The average molecular weight is 425 g/mol. The van der Waals surface area contributed by atoms with E-state index in [0.29, 0.717) is 30.9 Å². The standard InChI is InChI=1S/C22H24N4O3S/c1-28-14-7-13-25-20(27)18-11-5-6-12-19(18)26-21(25)23-24-22(26)30-16-8-15-29-17-9-3-2-4-10-17/h2-6,9-12H,7-8,13-16H2,1H3. The van der Waals surface area contributed by atoms with E-state index in [1.807, 2.05) is 59.0 Å². The highest BCUT2D eigenvalue weighted by molar-refractivity contribution is 7.99. The molecular formula is C22H24N4O3S. The minimum absolute atomic E-state index is 0.0468. The van der Waals surface area contributed by atoms with Gasteiger partial charge in [-0.3, -0.25) is 13.8 Å². The molecule has 4 aromatic rings. The first-order chi connectivity index (χ1) is 14.8. The smallest absolute Gasteiger partial charge is 0.262 e. The predicted molar refractivity (Wildman–Crippen MR) is 119 cm³/mol. The number of aryl methyl sites for hydroxylation is 1. The van der Waals surface area contributed by atoms with Gasteiger partial charge < -0.3 is 9.47 Å². The Balaban J connectivity index is 1.54. The van der Waals surface area contributed by atoms with Gasteiger partial charge in [0, 0.05) is 26.0 Å². The van der Waals surface area contributed by atoms with Crippen molar-refractivity contribution in [3.05, 3.63) is 65.0 Å². The summed E-state index contributed by atoms with van der Waals surface area (Å²) < 4.78 is 14.6. The van der Waals surface area contributed by atoms with Crippen molar-refractivity contribution >= 4 is 28.4 Å². The molecule has 0 N–H and O–H groups in total. The van der Waals surface area contributed by atoms with Gasteiger partial charge in [-0.05, 0) is 37.1 Å². The monoisotopic (exact) mass is 424 g/mol. The van der Waals surface area contributed by atoms with Gasteiger partial charge in [-0.25, -0.2) is 0 Å². The van der Waals surface area contributed by atoms with Crippen molar-refractivity contribution < 1.29 is 9.47 Å². The second-order valence-corrected chi connectivity index (χ2v) is 7.86. The Morgan fingerprint density at radius 1 is 0.967 bits per heavy atom. The molecule has 0 saturated heterocycles. The molecular weight excluding hydrogens is 400 g/mol. The quantitative estimate of drug-likeness (QED) is 0.286. The molecule has 0 aliphatic heterocycles. The van der Waals surface area contributed by atoms with E-state index in [1.54, 1.807) is 23.4 Å². The van der Waals surface area contributed by atoms with Gasteiger partial charge >= 0.3 is 0 Å². The van der Waals surface area contributed by atoms with Gasteiger partial charge in [-0.1, -0.05) is 42.1 Å². The molecule has 0 radical (unpaired) electrons. The molecule has 0 unspecified atom stereocenters. The number of fused-ring (bicyclic) bond motifs is 3. The van der Waals surface area contributed by atoms with Crippen LogP contribution in [0.4, 0.5) is 0 Å². The number of hydrogen-bond acceptors (Lipinski definition) is 6. The molecule has 0 fully saturated rings. The lowest BCUT2D eigenvalue weighted by atomic mass is 10.2. The third kappa shape index (κ3) is 4.34. The number of methoxy groups -OCH3 is 1. The molecule has 0 bridgehead atoms. The van der Waals surface area contributed by atoms with Crippen LogP contribution in [0.5, 0.6) is 5.75 Å². The number of benzene rings is 2. The summed E-state index contributed by atoms with van der Waals surface area (Å²) in [5.41, 5.74) is 0.781. The van der Waals surface area contributed by atoms with E-state index in [9.17, 15) is 4.79 Å². The zero-order valence-corrected chi connectivity index (χ0v) is 17.7. The summed E-state index contributed by atoms with van der Waals surface area (Å²) in [6.45, 7) is 1.76. The number of ether oxygens (including phenoxy) is 2. The molecule has 156 valence electrons. The SMILES string of the molecule is COCCCn1c(=O)c2ccccc2n2c(SCCCOc3ccccc3)nnc12. The van der Waals surface area contributed by atoms with Crippen LogP contribution in [0.15, 0.2) is 64.5 Å². The lowest BCUT2D eigenvalue weighted by Gasteiger charge is -2.11. The van der Waals surface area contributed by atoms with Crippen LogP contribution in [-0.4, -0.2) is 45.2 Å². The third-order valence-electron chi connectivity index (χ3n) is 4.74. The van der Waals surface area contributed by atoms with E-state index in [0.717, 1.165) is 35.0 Å². The zero-order chi connectivity index (χ0) is 20.8. The Kier molecular flexibility index (Phi) is 6.66. The third-order valence-corrected chi connectivity index (χ3v) is 5.76. The number of para-hydroxylation sites is 2. The van der Waals surface area contributed by atoms with Gasteiger partial charge in [0.15, 0.2) is 5.16 Å². The second kappa shape index (κ2) is 9.77. The van der Waals surface area contributed by atoms with Crippen molar-refractivity contribution in [2.24, 2.45) is 0 Å². The highest BCUT2D eigenvalue weighted by Crippen LogP contribution is 2.22. The van der Waals surface area contributed by atoms with Crippen LogP contribution in [0.1, 0.15) is 12.8 Å². The van der Waals surface area contributed by atoms with Gasteiger partial charge in [0.1, 0.15) is 5.75 Å². The van der Waals surface area contributed by atoms with Crippen LogP contribution in [0.25, 0.3) is 16.7 Å². The summed E-state index contributed by atoms with van der Waals surface area (Å²) in [7, 11) is 1.66. The maximum Gasteiger partial charge on any atom is 0.262 e. The van der Waals surface area contributed by atoms with Gasteiger partial charge in [0.2, 0.25) is 5.78 Å². The number of hydrogen-bond donors (Lipinski definition) is 0. The molecule has 0 spiro atoms. The summed E-state index contributed by atoms with van der Waals surface area (Å²) in [4.78, 5) is 13.0. The van der Waals surface area contributed by atoms with Crippen LogP contribution >= 0.6 is 11.8 Å². The molecule has 0 aliphatic rings. The maximum absolute atomic E-state index is 13.0. The highest BCUT2D eigenvalue weighted by Gasteiger charge is 2.16. The van der Waals surface area contributed by atoms with Crippen molar-refractivity contribution in [3.8, 4) is 5.75 Å². The summed E-state index contributed by atoms with van der Waals surface area (Å²) in [5.74, 6) is 2.28. The minimum atomic E-state index is -0.0468. The van der Waals surface area contributed by atoms with E-state index in [2.05, 4.69) is 10.2 Å². The molecule has 0 atom stereocenters. The summed E-state index contributed by atoms with van der Waals surface area (Å²) in [6, 6.07) is 17.4. The molecule has 2 heterocycles. The summed E-state index contributed by atoms with van der Waals surface area (Å²) >= 11 is 1.62. The van der Waals surface area contributed by atoms with Crippen LogP contribution in [0.2, 0.25) is 0 Å². The van der Waals surface area contributed by atoms with E-state index in [4.69, 9.17) is 9.47 Å². The molecule has 30 heavy (non-hydrogen) atoms. The molecule has 8 heteroatoms.